The van der Waals surface area contributed by atoms with Crippen molar-refractivity contribution in [3.8, 4) is 0 Å². The zero-order valence-corrected chi connectivity index (χ0v) is 10.4. The van der Waals surface area contributed by atoms with Crippen LogP contribution in [0.15, 0.2) is 0 Å². The monoisotopic (exact) mass is 235 g/mol. The summed E-state index contributed by atoms with van der Waals surface area (Å²) in [6.07, 6.45) is 1.61. The van der Waals surface area contributed by atoms with Crippen molar-refractivity contribution in [3.05, 3.63) is 0 Å². The van der Waals surface area contributed by atoms with Gasteiger partial charge in [-0.15, -0.1) is 0 Å². The van der Waals surface area contributed by atoms with E-state index in [-0.39, 0.29) is 12.6 Å². The molecule has 0 aromatic carbocycles. The Labute approximate surface area is 98.1 Å². The molecule has 2 N–H and O–H groups in total. The molecule has 0 spiro atoms. The Bertz CT molecular complexity index is 135. The molecule has 0 aliphatic heterocycles. The summed E-state index contributed by atoms with van der Waals surface area (Å²) in [5.41, 5.74) is 0. The van der Waals surface area contributed by atoms with E-state index in [2.05, 4.69) is 5.32 Å². The van der Waals surface area contributed by atoms with E-state index in [1.807, 2.05) is 7.05 Å². The quantitative estimate of drug-likeness (QED) is 0.467. The lowest BCUT2D eigenvalue weighted by Crippen LogP contribution is -2.31. The van der Waals surface area contributed by atoms with Crippen LogP contribution in [0.1, 0.15) is 12.8 Å². The average molecular weight is 235 g/mol. The van der Waals surface area contributed by atoms with Crippen molar-refractivity contribution in [1.82, 2.24) is 5.32 Å². The molecule has 1 unspecified atom stereocenters. The van der Waals surface area contributed by atoms with Crippen molar-refractivity contribution >= 4 is 0 Å². The molecular formula is C11H25NO4. The molecule has 16 heavy (non-hydrogen) atoms. The van der Waals surface area contributed by atoms with Crippen LogP contribution < -0.4 is 5.32 Å². The summed E-state index contributed by atoms with van der Waals surface area (Å²) in [4.78, 5) is 0. The minimum atomic E-state index is 0.189. The first-order chi connectivity index (χ1) is 7.85. The molecule has 0 aromatic rings. The number of rotatable bonds is 12. The standard InChI is InChI=1S/C11H25NO4/c1-12-11(4-5-13)10-16-7-3-6-15-9-8-14-2/h11-13H,3-10H2,1-2H3. The van der Waals surface area contributed by atoms with E-state index in [1.165, 1.54) is 0 Å². The molecule has 0 aromatic heterocycles. The highest BCUT2D eigenvalue weighted by Crippen LogP contribution is 1.93. The lowest BCUT2D eigenvalue weighted by Gasteiger charge is -2.14. The molecule has 0 fully saturated rings. The van der Waals surface area contributed by atoms with Crippen molar-refractivity contribution in [3.63, 3.8) is 0 Å². The maximum absolute atomic E-state index is 8.76. The van der Waals surface area contributed by atoms with Crippen molar-refractivity contribution in [2.24, 2.45) is 0 Å². The Morgan fingerprint density at radius 3 is 2.50 bits per heavy atom. The van der Waals surface area contributed by atoms with Crippen molar-refractivity contribution in [1.29, 1.82) is 0 Å². The number of methoxy groups -OCH3 is 1. The normalized spacial score (nSPS) is 12.9. The second-order valence-corrected chi connectivity index (χ2v) is 3.53. The third-order valence-corrected chi connectivity index (χ3v) is 2.21. The van der Waals surface area contributed by atoms with E-state index in [1.54, 1.807) is 7.11 Å². The summed E-state index contributed by atoms with van der Waals surface area (Å²) in [5, 5.41) is 11.9. The van der Waals surface area contributed by atoms with Gasteiger partial charge in [-0.25, -0.2) is 0 Å². The highest BCUT2D eigenvalue weighted by molar-refractivity contribution is 4.61. The van der Waals surface area contributed by atoms with Crippen LogP contribution in [0.2, 0.25) is 0 Å². The Morgan fingerprint density at radius 1 is 1.12 bits per heavy atom. The number of hydrogen-bond donors (Lipinski definition) is 2. The first kappa shape index (κ1) is 15.8. The molecule has 5 heteroatoms. The maximum Gasteiger partial charge on any atom is 0.0700 e. The zero-order chi connectivity index (χ0) is 12.1. The molecule has 0 heterocycles. The van der Waals surface area contributed by atoms with Gasteiger partial charge in [-0.1, -0.05) is 0 Å². The molecule has 0 aliphatic rings. The topological polar surface area (TPSA) is 60.0 Å². The van der Waals surface area contributed by atoms with E-state index in [0.717, 1.165) is 12.8 Å². The Kier molecular flexibility index (Phi) is 12.7. The van der Waals surface area contributed by atoms with Crippen LogP contribution in [0.4, 0.5) is 0 Å². The van der Waals surface area contributed by atoms with Crippen LogP contribution in [-0.2, 0) is 14.2 Å². The van der Waals surface area contributed by atoms with Gasteiger partial charge in [-0.05, 0) is 19.9 Å². The van der Waals surface area contributed by atoms with E-state index in [0.29, 0.717) is 33.0 Å². The minimum Gasteiger partial charge on any atom is -0.396 e. The highest BCUT2D eigenvalue weighted by atomic mass is 16.5. The summed E-state index contributed by atoms with van der Waals surface area (Å²) < 4.78 is 15.6. The van der Waals surface area contributed by atoms with Gasteiger partial charge in [0.2, 0.25) is 0 Å². The summed E-state index contributed by atoms with van der Waals surface area (Å²) in [7, 11) is 3.53. The van der Waals surface area contributed by atoms with Gasteiger partial charge in [-0.2, -0.15) is 0 Å². The molecular weight excluding hydrogens is 210 g/mol. The second-order valence-electron chi connectivity index (χ2n) is 3.53. The largest absolute Gasteiger partial charge is 0.396 e. The summed E-state index contributed by atoms with van der Waals surface area (Å²) in [6.45, 7) is 3.49. The SMILES string of the molecule is CNC(CCO)COCCCOCCOC. The number of aliphatic hydroxyl groups is 1. The molecule has 0 radical (unpaired) electrons. The third-order valence-electron chi connectivity index (χ3n) is 2.21. The Morgan fingerprint density at radius 2 is 1.88 bits per heavy atom. The number of likely N-dealkylation sites (N-methyl/N-ethyl adjacent to an activating group) is 1. The number of nitrogens with one attached hydrogen (secondary N) is 1. The Balaban J connectivity index is 3.12. The van der Waals surface area contributed by atoms with E-state index < -0.39 is 0 Å². The molecule has 0 bridgehead atoms. The lowest BCUT2D eigenvalue weighted by molar-refractivity contribution is 0.0464. The van der Waals surface area contributed by atoms with E-state index >= 15 is 0 Å². The summed E-state index contributed by atoms with van der Waals surface area (Å²) in [5.74, 6) is 0. The van der Waals surface area contributed by atoms with Gasteiger partial charge in [0.1, 0.15) is 0 Å². The number of aliphatic hydroxyl groups excluding tert-OH is 1. The fraction of sp³-hybridized carbons (Fsp3) is 1.00. The highest BCUT2D eigenvalue weighted by Gasteiger charge is 2.04. The van der Waals surface area contributed by atoms with Gasteiger partial charge in [0.25, 0.3) is 0 Å². The predicted octanol–water partition coefficient (Wildman–Crippen LogP) is 0.0265. The number of ether oxygens (including phenoxy) is 3. The van der Waals surface area contributed by atoms with Gasteiger partial charge in [0.15, 0.2) is 0 Å². The molecule has 98 valence electrons. The zero-order valence-electron chi connectivity index (χ0n) is 10.4. The third kappa shape index (κ3) is 10.3. The van der Waals surface area contributed by atoms with Crippen molar-refractivity contribution < 1.29 is 19.3 Å². The molecule has 0 rings (SSSR count). The second kappa shape index (κ2) is 12.9. The predicted molar refractivity (Wildman–Crippen MR) is 62.7 cm³/mol. The van der Waals surface area contributed by atoms with Crippen LogP contribution in [0, 0.1) is 0 Å². The first-order valence-corrected chi connectivity index (χ1v) is 5.77. The molecule has 0 aliphatic carbocycles. The van der Waals surface area contributed by atoms with E-state index in [4.69, 9.17) is 19.3 Å². The van der Waals surface area contributed by atoms with Gasteiger partial charge in [-0.3, -0.25) is 0 Å². The molecule has 0 amide bonds. The number of hydrogen-bond acceptors (Lipinski definition) is 5. The molecule has 1 atom stereocenters. The van der Waals surface area contributed by atoms with Crippen LogP contribution in [0.25, 0.3) is 0 Å². The van der Waals surface area contributed by atoms with Crippen molar-refractivity contribution in [2.75, 3.05) is 53.8 Å². The van der Waals surface area contributed by atoms with Crippen LogP contribution in [0.5, 0.6) is 0 Å². The van der Waals surface area contributed by atoms with Gasteiger partial charge in [0.05, 0.1) is 19.8 Å². The lowest BCUT2D eigenvalue weighted by atomic mass is 10.2. The fourth-order valence-electron chi connectivity index (χ4n) is 1.20. The van der Waals surface area contributed by atoms with Gasteiger partial charge in [0, 0.05) is 33.0 Å². The maximum atomic E-state index is 8.76. The average Bonchev–Trinajstić information content (AvgIpc) is 2.31. The molecule has 5 nitrogen and oxygen atoms in total. The minimum absolute atomic E-state index is 0.189. The van der Waals surface area contributed by atoms with Gasteiger partial charge < -0.3 is 24.6 Å². The smallest absolute Gasteiger partial charge is 0.0700 e. The van der Waals surface area contributed by atoms with Crippen LogP contribution >= 0.6 is 0 Å². The molecule has 0 saturated heterocycles. The van der Waals surface area contributed by atoms with E-state index in [9.17, 15) is 0 Å². The fourth-order valence-corrected chi connectivity index (χ4v) is 1.20. The first-order valence-electron chi connectivity index (χ1n) is 5.77. The molecule has 0 saturated carbocycles. The Hall–Kier alpha value is -0.200. The summed E-state index contributed by atoms with van der Waals surface area (Å²) >= 11 is 0. The van der Waals surface area contributed by atoms with Crippen LogP contribution in [0.3, 0.4) is 0 Å². The van der Waals surface area contributed by atoms with Crippen molar-refractivity contribution in [2.45, 2.75) is 18.9 Å². The van der Waals surface area contributed by atoms with Crippen LogP contribution in [-0.4, -0.2) is 64.9 Å². The summed E-state index contributed by atoms with van der Waals surface area (Å²) in [6, 6.07) is 0.236. The van der Waals surface area contributed by atoms with Gasteiger partial charge >= 0.3 is 0 Å².